The lowest BCUT2D eigenvalue weighted by Crippen LogP contribution is -2.22. The molecule has 7 heteroatoms. The van der Waals surface area contributed by atoms with E-state index >= 15 is 0 Å². The zero-order valence-corrected chi connectivity index (χ0v) is 8.24. The van der Waals surface area contributed by atoms with Crippen molar-refractivity contribution in [3.63, 3.8) is 0 Å². The maximum atomic E-state index is 13.3. The highest BCUT2D eigenvalue weighted by atomic mass is 19.1. The Labute approximate surface area is 86.5 Å². The molecule has 0 aliphatic rings. The van der Waals surface area contributed by atoms with Crippen molar-refractivity contribution < 1.29 is 4.39 Å². The van der Waals surface area contributed by atoms with E-state index in [1.165, 1.54) is 4.90 Å². The lowest BCUT2D eigenvalue weighted by Gasteiger charge is -2.17. The van der Waals surface area contributed by atoms with Crippen molar-refractivity contribution in [3.8, 4) is 6.07 Å². The fraction of sp³-hybridized carbons (Fsp3) is 0.375. The van der Waals surface area contributed by atoms with Crippen LogP contribution in [0.15, 0.2) is 6.20 Å². The second-order valence-electron chi connectivity index (χ2n) is 2.84. The summed E-state index contributed by atoms with van der Waals surface area (Å²) in [4.78, 5) is 8.97. The normalized spacial score (nSPS) is 9.47. The maximum absolute atomic E-state index is 13.3. The SMILES string of the molecule is CN(CCC#N)c1nc(NN)ncc1F. The van der Waals surface area contributed by atoms with Crippen molar-refractivity contribution in [2.45, 2.75) is 6.42 Å². The summed E-state index contributed by atoms with van der Waals surface area (Å²) in [5.41, 5.74) is 2.22. The van der Waals surface area contributed by atoms with E-state index in [4.69, 9.17) is 11.1 Å². The van der Waals surface area contributed by atoms with Crippen LogP contribution in [0.5, 0.6) is 0 Å². The Bertz CT molecular complexity index is 374. The van der Waals surface area contributed by atoms with Crippen molar-refractivity contribution in [1.82, 2.24) is 9.97 Å². The molecule has 0 radical (unpaired) electrons. The van der Waals surface area contributed by atoms with Crippen LogP contribution in [0, 0.1) is 17.1 Å². The molecule has 3 N–H and O–H groups in total. The van der Waals surface area contributed by atoms with Gasteiger partial charge in [-0.1, -0.05) is 0 Å². The second kappa shape index (κ2) is 5.07. The number of hydrogen-bond acceptors (Lipinski definition) is 6. The predicted molar refractivity (Wildman–Crippen MR) is 53.3 cm³/mol. The zero-order valence-electron chi connectivity index (χ0n) is 8.24. The maximum Gasteiger partial charge on any atom is 0.239 e. The predicted octanol–water partition coefficient (Wildman–Crippen LogP) is 0.251. The van der Waals surface area contributed by atoms with Gasteiger partial charge in [-0.3, -0.25) is 5.43 Å². The monoisotopic (exact) mass is 210 g/mol. The Morgan fingerprint density at radius 3 is 3.07 bits per heavy atom. The highest BCUT2D eigenvalue weighted by Crippen LogP contribution is 2.15. The molecule has 0 saturated carbocycles. The van der Waals surface area contributed by atoms with Crippen LogP contribution in [-0.2, 0) is 0 Å². The number of hydrogen-bond donors (Lipinski definition) is 2. The van der Waals surface area contributed by atoms with Gasteiger partial charge in [0.15, 0.2) is 11.6 Å². The van der Waals surface area contributed by atoms with Gasteiger partial charge >= 0.3 is 0 Å². The van der Waals surface area contributed by atoms with Crippen LogP contribution in [-0.4, -0.2) is 23.6 Å². The Morgan fingerprint density at radius 1 is 1.73 bits per heavy atom. The molecular formula is C8H11FN6. The molecule has 0 fully saturated rings. The van der Waals surface area contributed by atoms with Gasteiger partial charge in [-0.2, -0.15) is 10.2 Å². The van der Waals surface area contributed by atoms with E-state index in [-0.39, 0.29) is 11.8 Å². The van der Waals surface area contributed by atoms with Crippen LogP contribution in [0.1, 0.15) is 6.42 Å². The van der Waals surface area contributed by atoms with Crippen LogP contribution < -0.4 is 16.2 Å². The molecule has 0 bridgehead atoms. The Hall–Kier alpha value is -1.94. The lowest BCUT2D eigenvalue weighted by atomic mass is 10.4. The number of halogens is 1. The van der Waals surface area contributed by atoms with Crippen molar-refractivity contribution in [2.24, 2.45) is 5.84 Å². The topological polar surface area (TPSA) is 90.9 Å². The molecule has 1 heterocycles. The summed E-state index contributed by atoms with van der Waals surface area (Å²) in [5, 5.41) is 8.40. The van der Waals surface area contributed by atoms with Crippen LogP contribution >= 0.6 is 0 Å². The van der Waals surface area contributed by atoms with E-state index < -0.39 is 5.82 Å². The fourth-order valence-corrected chi connectivity index (χ4v) is 1.02. The molecule has 0 spiro atoms. The molecule has 0 aliphatic heterocycles. The third kappa shape index (κ3) is 2.75. The molecule has 1 rings (SSSR count). The number of rotatable bonds is 4. The van der Waals surface area contributed by atoms with Gasteiger partial charge in [0.1, 0.15) is 0 Å². The van der Waals surface area contributed by atoms with Gasteiger partial charge in [0.25, 0.3) is 0 Å². The first-order valence-corrected chi connectivity index (χ1v) is 4.26. The summed E-state index contributed by atoms with van der Waals surface area (Å²) >= 11 is 0. The molecule has 6 nitrogen and oxygen atoms in total. The summed E-state index contributed by atoms with van der Waals surface area (Å²) in [6, 6.07) is 1.97. The van der Waals surface area contributed by atoms with Gasteiger partial charge < -0.3 is 4.90 Å². The number of anilines is 2. The average molecular weight is 210 g/mol. The third-order valence-electron chi connectivity index (χ3n) is 1.78. The number of hydrazine groups is 1. The third-order valence-corrected chi connectivity index (χ3v) is 1.78. The molecule has 0 aliphatic carbocycles. The lowest BCUT2D eigenvalue weighted by molar-refractivity contribution is 0.608. The number of nitriles is 1. The molecule has 0 amide bonds. The summed E-state index contributed by atoms with van der Waals surface area (Å²) in [6.45, 7) is 0.397. The van der Waals surface area contributed by atoms with Gasteiger partial charge in [-0.25, -0.2) is 15.2 Å². The van der Waals surface area contributed by atoms with E-state index in [9.17, 15) is 4.39 Å². The molecule has 0 atom stereocenters. The van der Waals surface area contributed by atoms with Gasteiger partial charge in [0, 0.05) is 13.6 Å². The van der Waals surface area contributed by atoms with Gasteiger partial charge in [-0.15, -0.1) is 0 Å². The van der Waals surface area contributed by atoms with E-state index in [1.807, 2.05) is 6.07 Å². The first kappa shape index (κ1) is 11.1. The number of nitrogen functional groups attached to an aromatic ring is 1. The molecular weight excluding hydrogens is 199 g/mol. The first-order valence-electron chi connectivity index (χ1n) is 4.26. The number of nitrogens with one attached hydrogen (secondary N) is 1. The summed E-state index contributed by atoms with van der Waals surface area (Å²) in [7, 11) is 1.64. The minimum Gasteiger partial charge on any atom is -0.356 e. The van der Waals surface area contributed by atoms with Gasteiger partial charge in [0.2, 0.25) is 5.95 Å². The highest BCUT2D eigenvalue weighted by Gasteiger charge is 2.10. The molecule has 0 aromatic carbocycles. The standard InChI is InChI=1S/C8H11FN6/c1-15(4-2-3-10)7-6(9)5-12-8(13-7)14-11/h5H,2,4,11H2,1H3,(H,12,13,14). The smallest absolute Gasteiger partial charge is 0.239 e. The van der Waals surface area contributed by atoms with Crippen molar-refractivity contribution in [3.05, 3.63) is 12.0 Å². The highest BCUT2D eigenvalue weighted by molar-refractivity contribution is 5.42. The van der Waals surface area contributed by atoms with Crippen LogP contribution in [0.4, 0.5) is 16.2 Å². The van der Waals surface area contributed by atoms with Gasteiger partial charge in [0.05, 0.1) is 18.7 Å². The summed E-state index contributed by atoms with van der Waals surface area (Å²) in [6.07, 6.45) is 1.33. The zero-order chi connectivity index (χ0) is 11.3. The molecule has 80 valence electrons. The van der Waals surface area contributed by atoms with Crippen LogP contribution in [0.3, 0.4) is 0 Å². The van der Waals surface area contributed by atoms with E-state index in [0.717, 1.165) is 6.20 Å². The van der Waals surface area contributed by atoms with Crippen molar-refractivity contribution in [1.29, 1.82) is 5.26 Å². The average Bonchev–Trinajstić information content (AvgIpc) is 2.26. The largest absolute Gasteiger partial charge is 0.356 e. The molecule has 1 aromatic heterocycles. The molecule has 1 aromatic rings. The number of nitrogens with zero attached hydrogens (tertiary/aromatic N) is 4. The first-order chi connectivity index (χ1) is 7.19. The minimum atomic E-state index is -0.547. The second-order valence-corrected chi connectivity index (χ2v) is 2.84. The molecule has 0 unspecified atom stereocenters. The number of nitrogens with two attached hydrogens (primary N) is 1. The minimum absolute atomic E-state index is 0.119. The van der Waals surface area contributed by atoms with Crippen LogP contribution in [0.2, 0.25) is 0 Å². The quantitative estimate of drug-likeness (QED) is 0.547. The van der Waals surface area contributed by atoms with E-state index in [0.29, 0.717) is 13.0 Å². The van der Waals surface area contributed by atoms with Gasteiger partial charge in [-0.05, 0) is 0 Å². The van der Waals surface area contributed by atoms with Crippen molar-refractivity contribution >= 4 is 11.8 Å². The van der Waals surface area contributed by atoms with E-state index in [2.05, 4.69) is 15.4 Å². The fourth-order valence-electron chi connectivity index (χ4n) is 1.02. The Kier molecular flexibility index (Phi) is 3.76. The van der Waals surface area contributed by atoms with Crippen LogP contribution in [0.25, 0.3) is 0 Å². The number of aromatic nitrogens is 2. The van der Waals surface area contributed by atoms with Crippen molar-refractivity contribution in [2.75, 3.05) is 23.9 Å². The molecule has 0 saturated heterocycles. The Balaban J connectivity index is 2.87. The Morgan fingerprint density at radius 2 is 2.47 bits per heavy atom. The summed E-state index contributed by atoms with van der Waals surface area (Å²) < 4.78 is 13.3. The molecule has 15 heavy (non-hydrogen) atoms. The van der Waals surface area contributed by atoms with E-state index in [1.54, 1.807) is 7.05 Å². The summed E-state index contributed by atoms with van der Waals surface area (Å²) in [5.74, 6) is 4.81.